The molecule has 0 bridgehead atoms. The highest BCUT2D eigenvalue weighted by molar-refractivity contribution is 5.94. The molecule has 50 heavy (non-hydrogen) atoms. The first-order chi connectivity index (χ1) is 24.3. The molecule has 1 aromatic carbocycles. The van der Waals surface area contributed by atoms with E-state index in [1.807, 2.05) is 4.90 Å². The van der Waals surface area contributed by atoms with Crippen LogP contribution in [0.25, 0.3) is 0 Å². The predicted molar refractivity (Wildman–Crippen MR) is 194 cm³/mol. The number of rotatable bonds is 11. The number of nitrogens with zero attached hydrogens (tertiary/aromatic N) is 4. The number of ether oxygens (including phenoxy) is 2. The molecule has 1 saturated carbocycles. The first kappa shape index (κ1) is 36.5. The van der Waals surface area contributed by atoms with Crippen molar-refractivity contribution in [2.24, 2.45) is 0 Å². The van der Waals surface area contributed by atoms with Crippen LogP contribution in [0.5, 0.6) is 5.75 Å². The summed E-state index contributed by atoms with van der Waals surface area (Å²) in [4.78, 5) is 35.5. The summed E-state index contributed by atoms with van der Waals surface area (Å²) in [5, 5.41) is 17.2. The van der Waals surface area contributed by atoms with Crippen molar-refractivity contribution in [1.82, 2.24) is 25.0 Å². The van der Waals surface area contributed by atoms with Gasteiger partial charge in [-0.3, -0.25) is 24.4 Å². The van der Waals surface area contributed by atoms with E-state index in [1.54, 1.807) is 25.4 Å². The molecule has 1 aromatic heterocycles. The van der Waals surface area contributed by atoms with Crippen LogP contribution in [0.15, 0.2) is 30.6 Å². The fourth-order valence-corrected chi connectivity index (χ4v) is 8.16. The van der Waals surface area contributed by atoms with Gasteiger partial charge in [-0.1, -0.05) is 44.6 Å². The maximum atomic E-state index is 12.9. The van der Waals surface area contributed by atoms with Crippen LogP contribution in [0.1, 0.15) is 98.2 Å². The molecule has 0 radical (unpaired) electrons. The number of β-amino-alcohol motifs (C(OH)–C–C–N with tert-alkyl or cyclic N) is 1. The second-order valence-electron chi connectivity index (χ2n) is 14.9. The molecule has 1 unspecified atom stereocenters. The zero-order valence-electron chi connectivity index (χ0n) is 30.2. The summed E-state index contributed by atoms with van der Waals surface area (Å²) < 4.78 is 12.5. The van der Waals surface area contributed by atoms with Crippen molar-refractivity contribution in [3.63, 3.8) is 0 Å². The van der Waals surface area contributed by atoms with E-state index >= 15 is 0 Å². The topological polar surface area (TPSA) is 120 Å². The average Bonchev–Trinajstić information content (AvgIpc) is 3.64. The number of anilines is 1. The highest BCUT2D eigenvalue weighted by Crippen LogP contribution is 2.30. The minimum Gasteiger partial charge on any atom is -0.491 e. The second kappa shape index (κ2) is 17.8. The number of hydrogen-bond acceptors (Lipinski definition) is 9. The van der Waals surface area contributed by atoms with Crippen LogP contribution >= 0.6 is 0 Å². The summed E-state index contributed by atoms with van der Waals surface area (Å²) >= 11 is 0. The number of piperidine rings is 1. The number of carbonyl (C=O) groups is 2. The van der Waals surface area contributed by atoms with Crippen molar-refractivity contribution in [3.8, 4) is 5.75 Å². The Morgan fingerprint density at radius 1 is 1.04 bits per heavy atom. The molecular weight excluding hydrogens is 632 g/mol. The molecule has 2 amide bonds. The number of aliphatic hydroxyl groups excluding tert-OH is 1. The van der Waals surface area contributed by atoms with Crippen LogP contribution in [-0.2, 0) is 22.5 Å². The average molecular weight is 691 g/mol. The van der Waals surface area contributed by atoms with Gasteiger partial charge in [0.05, 0.1) is 24.1 Å². The number of benzene rings is 1. The van der Waals surface area contributed by atoms with Crippen LogP contribution in [-0.4, -0.2) is 114 Å². The number of amides is 2. The molecule has 0 spiro atoms. The monoisotopic (exact) mass is 690 g/mol. The summed E-state index contributed by atoms with van der Waals surface area (Å²) in [7, 11) is 0. The maximum absolute atomic E-state index is 12.9. The number of aromatic nitrogens is 1. The summed E-state index contributed by atoms with van der Waals surface area (Å²) in [6.45, 7) is 9.71. The number of pyridine rings is 1. The van der Waals surface area contributed by atoms with Crippen molar-refractivity contribution < 1.29 is 24.2 Å². The number of likely N-dealkylation sites (tertiary alicyclic amines) is 1. The fraction of sp³-hybridized carbons (Fsp3) is 0.667. The van der Waals surface area contributed by atoms with Gasteiger partial charge in [0.15, 0.2) is 0 Å². The van der Waals surface area contributed by atoms with Crippen LogP contribution in [0.3, 0.4) is 0 Å². The lowest BCUT2D eigenvalue weighted by Gasteiger charge is -2.32. The predicted octanol–water partition coefficient (Wildman–Crippen LogP) is 4.50. The molecule has 3 fully saturated rings. The number of fused-ring (bicyclic) bond motifs is 1. The Bertz CT molecular complexity index is 1420. The Morgan fingerprint density at radius 3 is 2.56 bits per heavy atom. The van der Waals surface area contributed by atoms with Gasteiger partial charge in [-0.25, -0.2) is 0 Å². The highest BCUT2D eigenvalue weighted by atomic mass is 16.5. The molecule has 4 heterocycles. The maximum Gasteiger partial charge on any atom is 0.253 e. The van der Waals surface area contributed by atoms with Gasteiger partial charge >= 0.3 is 0 Å². The molecule has 3 aliphatic heterocycles. The van der Waals surface area contributed by atoms with E-state index in [9.17, 15) is 14.7 Å². The van der Waals surface area contributed by atoms with Crippen LogP contribution in [0, 0.1) is 6.92 Å². The van der Waals surface area contributed by atoms with Gasteiger partial charge in [0.2, 0.25) is 5.91 Å². The summed E-state index contributed by atoms with van der Waals surface area (Å²) in [5.74, 6) is 0.791. The zero-order valence-corrected chi connectivity index (χ0v) is 30.2. The van der Waals surface area contributed by atoms with E-state index in [0.717, 1.165) is 70.2 Å². The van der Waals surface area contributed by atoms with Crippen LogP contribution in [0.4, 0.5) is 5.69 Å². The van der Waals surface area contributed by atoms with Crippen molar-refractivity contribution in [1.29, 1.82) is 0 Å². The zero-order chi connectivity index (χ0) is 34.9. The standard InChI is InChI=1S/C39H58N6O5/c1-28-37-15-16-43(23-30(37)11-12-38(28)49-26-36-25-45(27-50-36)34-9-7-5-3-4-6-8-10-34)24-35(47)22-41-39(48)31-19-33(21-40-20-31)42-32-13-17-44(18-14-32)29(2)46/h11-12,19-21,32,34-36,42,47H,3-10,13-18,22-27H2,1-2H3,(H,41,48)/t35-,36?/m0/s1. The summed E-state index contributed by atoms with van der Waals surface area (Å²) in [6.07, 6.45) is 16.0. The number of nitrogens with one attached hydrogen (secondary N) is 2. The third-order valence-electron chi connectivity index (χ3n) is 11.2. The Hall–Kier alpha value is -3.25. The Kier molecular flexibility index (Phi) is 13.0. The first-order valence-corrected chi connectivity index (χ1v) is 19.1. The number of hydrogen-bond donors (Lipinski definition) is 3. The SMILES string of the molecule is CC(=O)N1CCC(Nc2cncc(C(=O)NC[C@H](O)CN3CCc4c(ccc(OCC5CN(C6CCCCCCCC6)CO5)c4C)C3)c2)CC1. The number of carbonyl (C=O) groups excluding carboxylic acids is 2. The molecule has 6 rings (SSSR count). The second-order valence-corrected chi connectivity index (χ2v) is 14.9. The third kappa shape index (κ3) is 9.96. The van der Waals surface area contributed by atoms with Gasteiger partial charge in [-0.2, -0.15) is 0 Å². The van der Waals surface area contributed by atoms with E-state index in [1.165, 1.54) is 68.1 Å². The van der Waals surface area contributed by atoms with E-state index in [2.05, 4.69) is 44.5 Å². The van der Waals surface area contributed by atoms with Gasteiger partial charge in [0.1, 0.15) is 18.5 Å². The minimum absolute atomic E-state index is 0.107. The van der Waals surface area contributed by atoms with Crippen LogP contribution < -0.4 is 15.4 Å². The molecule has 2 atom stereocenters. The molecular formula is C39H58N6O5. The van der Waals surface area contributed by atoms with Gasteiger partial charge < -0.3 is 30.1 Å². The quantitative estimate of drug-likeness (QED) is 0.313. The fourth-order valence-electron chi connectivity index (χ4n) is 8.16. The molecule has 2 aromatic rings. The van der Waals surface area contributed by atoms with Crippen LogP contribution in [0.2, 0.25) is 0 Å². The van der Waals surface area contributed by atoms with E-state index in [4.69, 9.17) is 9.47 Å². The lowest BCUT2D eigenvalue weighted by Crippen LogP contribution is -2.42. The highest BCUT2D eigenvalue weighted by Gasteiger charge is 2.30. The first-order valence-electron chi connectivity index (χ1n) is 19.1. The van der Waals surface area contributed by atoms with Crippen molar-refractivity contribution in [3.05, 3.63) is 52.8 Å². The van der Waals surface area contributed by atoms with Gasteiger partial charge in [0.25, 0.3) is 5.91 Å². The van der Waals surface area contributed by atoms with Crippen molar-refractivity contribution in [2.45, 2.75) is 115 Å². The minimum atomic E-state index is -0.692. The van der Waals surface area contributed by atoms with Gasteiger partial charge in [0, 0.05) is 77.2 Å². The van der Waals surface area contributed by atoms with Gasteiger partial charge in [-0.15, -0.1) is 0 Å². The lowest BCUT2D eigenvalue weighted by atomic mass is 9.94. The summed E-state index contributed by atoms with van der Waals surface area (Å²) in [5.41, 5.74) is 5.04. The Balaban J connectivity index is 0.921. The molecule has 1 aliphatic carbocycles. The van der Waals surface area contributed by atoms with E-state index in [0.29, 0.717) is 24.8 Å². The molecule has 2 saturated heterocycles. The molecule has 11 nitrogen and oxygen atoms in total. The Morgan fingerprint density at radius 2 is 1.80 bits per heavy atom. The lowest BCUT2D eigenvalue weighted by molar-refractivity contribution is -0.129. The third-order valence-corrected chi connectivity index (χ3v) is 11.2. The molecule has 3 N–H and O–H groups in total. The summed E-state index contributed by atoms with van der Waals surface area (Å²) in [6, 6.07) is 6.92. The molecule has 11 heteroatoms. The Labute approximate surface area is 298 Å². The largest absolute Gasteiger partial charge is 0.491 e. The molecule has 274 valence electrons. The van der Waals surface area contributed by atoms with E-state index in [-0.39, 0.29) is 30.5 Å². The smallest absolute Gasteiger partial charge is 0.253 e. The van der Waals surface area contributed by atoms with Crippen molar-refractivity contribution >= 4 is 17.5 Å². The van der Waals surface area contributed by atoms with Crippen molar-refractivity contribution in [2.75, 3.05) is 57.9 Å². The van der Waals surface area contributed by atoms with E-state index < -0.39 is 6.10 Å². The number of aliphatic hydroxyl groups is 1. The normalized spacial score (nSPS) is 22.2. The van der Waals surface area contributed by atoms with Gasteiger partial charge in [-0.05, 0) is 67.9 Å². The molecule has 4 aliphatic rings.